The lowest BCUT2D eigenvalue weighted by Crippen LogP contribution is -2.42. The lowest BCUT2D eigenvalue weighted by Gasteiger charge is -2.36. The van der Waals surface area contributed by atoms with Crippen LogP contribution in [0.3, 0.4) is 0 Å². The van der Waals surface area contributed by atoms with Gasteiger partial charge in [0.1, 0.15) is 29.0 Å². The van der Waals surface area contributed by atoms with E-state index in [1.807, 2.05) is 35.8 Å². The molecule has 0 saturated carbocycles. The van der Waals surface area contributed by atoms with E-state index in [0.29, 0.717) is 46.3 Å². The first-order valence-corrected chi connectivity index (χ1v) is 14.2. The second-order valence-corrected chi connectivity index (χ2v) is 11.2. The summed E-state index contributed by atoms with van der Waals surface area (Å²) in [6.45, 7) is 8.67. The van der Waals surface area contributed by atoms with Crippen molar-refractivity contribution >= 4 is 45.2 Å². The zero-order chi connectivity index (χ0) is 29.5. The highest BCUT2D eigenvalue weighted by atomic mass is 16.4. The zero-order valence-electron chi connectivity index (χ0n) is 24.1. The van der Waals surface area contributed by atoms with Crippen LogP contribution in [0.4, 0.5) is 17.7 Å². The maximum absolute atomic E-state index is 14.0. The number of benzene rings is 2. The van der Waals surface area contributed by atoms with Crippen LogP contribution in [0.1, 0.15) is 55.1 Å². The van der Waals surface area contributed by atoms with E-state index in [-0.39, 0.29) is 23.4 Å². The predicted molar refractivity (Wildman–Crippen MR) is 165 cm³/mol. The van der Waals surface area contributed by atoms with E-state index in [2.05, 4.69) is 45.1 Å². The van der Waals surface area contributed by atoms with Gasteiger partial charge in [-0.25, -0.2) is 9.97 Å². The first-order valence-electron chi connectivity index (χ1n) is 14.2. The molecule has 42 heavy (non-hydrogen) atoms. The molecule has 0 spiro atoms. The molecule has 1 fully saturated rings. The fraction of sp³-hybridized carbons (Fsp3) is 0.323. The van der Waals surface area contributed by atoms with Crippen LogP contribution in [0.2, 0.25) is 0 Å². The Bertz CT molecular complexity index is 1870. The highest BCUT2D eigenvalue weighted by molar-refractivity contribution is 6.15. The normalized spacial score (nSPS) is 14.7. The third-order valence-corrected chi connectivity index (χ3v) is 8.26. The van der Waals surface area contributed by atoms with Gasteiger partial charge in [0.15, 0.2) is 5.58 Å². The van der Waals surface area contributed by atoms with Gasteiger partial charge in [0, 0.05) is 36.4 Å². The van der Waals surface area contributed by atoms with Crippen LogP contribution in [0.5, 0.6) is 0 Å². The topological polar surface area (TPSA) is 167 Å². The van der Waals surface area contributed by atoms with Crippen molar-refractivity contribution in [1.82, 2.24) is 24.4 Å². The Morgan fingerprint density at radius 2 is 1.93 bits per heavy atom. The summed E-state index contributed by atoms with van der Waals surface area (Å²) in [7, 11) is 0. The number of piperidine rings is 1. The molecule has 216 valence electrons. The fourth-order valence-corrected chi connectivity index (χ4v) is 6.03. The number of aryl methyl sites for hydroxylation is 1. The van der Waals surface area contributed by atoms with E-state index >= 15 is 0 Å². The van der Waals surface area contributed by atoms with Gasteiger partial charge in [-0.2, -0.15) is 4.98 Å². The summed E-state index contributed by atoms with van der Waals surface area (Å²) in [6.07, 6.45) is 3.21. The summed E-state index contributed by atoms with van der Waals surface area (Å²) in [5.74, 6) is 0.704. The van der Waals surface area contributed by atoms with Crippen LogP contribution in [0.25, 0.3) is 21.9 Å². The SMILES string of the molecule is Cc1cccc2cc(CNc3ncnc(N)c3C(=[NH2+])c3ccc4oc(N)nc4c3)n(C3CCN(C(C)C)CC3)c(=O)c12. The molecule has 11 heteroatoms. The van der Waals surface area contributed by atoms with Crippen molar-refractivity contribution in [2.45, 2.75) is 52.2 Å². The quantitative estimate of drug-likeness (QED) is 0.217. The lowest BCUT2D eigenvalue weighted by molar-refractivity contribution is -0.111. The molecule has 0 amide bonds. The second-order valence-electron chi connectivity index (χ2n) is 11.2. The summed E-state index contributed by atoms with van der Waals surface area (Å²) >= 11 is 0. The van der Waals surface area contributed by atoms with Gasteiger partial charge in [-0.05, 0) is 68.8 Å². The summed E-state index contributed by atoms with van der Waals surface area (Å²) in [5, 5.41) is 11.8. The van der Waals surface area contributed by atoms with Crippen molar-refractivity contribution in [3.8, 4) is 0 Å². The van der Waals surface area contributed by atoms with Crippen molar-refractivity contribution in [3.05, 3.63) is 81.5 Å². The number of hydrogen-bond acceptors (Lipinski definition) is 9. The molecule has 5 aromatic rings. The molecule has 0 atom stereocenters. The number of likely N-dealkylation sites (tertiary alicyclic amines) is 1. The average molecular weight is 567 g/mol. The van der Waals surface area contributed by atoms with Gasteiger partial charge in [0.05, 0.1) is 11.9 Å². The minimum Gasteiger partial charge on any atom is -0.424 e. The number of hydrogen-bond donors (Lipinski definition) is 4. The Balaban J connectivity index is 1.36. The molecule has 1 saturated heterocycles. The maximum atomic E-state index is 14.0. The molecular weight excluding hydrogens is 530 g/mol. The Morgan fingerprint density at radius 3 is 2.69 bits per heavy atom. The number of pyridine rings is 1. The number of oxazole rings is 1. The van der Waals surface area contributed by atoms with Crippen molar-refractivity contribution in [2.75, 3.05) is 29.9 Å². The Morgan fingerprint density at radius 1 is 1.14 bits per heavy atom. The largest absolute Gasteiger partial charge is 0.424 e. The molecule has 0 bridgehead atoms. The Hall–Kier alpha value is -4.77. The third-order valence-electron chi connectivity index (χ3n) is 8.26. The zero-order valence-corrected chi connectivity index (χ0v) is 24.1. The highest BCUT2D eigenvalue weighted by Crippen LogP contribution is 2.28. The molecular formula is C31H36N9O2+. The predicted octanol–water partition coefficient (Wildman–Crippen LogP) is 2.66. The summed E-state index contributed by atoms with van der Waals surface area (Å²) in [5.41, 5.74) is 16.6. The van der Waals surface area contributed by atoms with Crippen LogP contribution < -0.4 is 27.8 Å². The van der Waals surface area contributed by atoms with E-state index in [4.69, 9.17) is 21.3 Å². The van der Waals surface area contributed by atoms with E-state index in [1.54, 1.807) is 12.1 Å². The molecule has 7 N–H and O–H groups in total. The van der Waals surface area contributed by atoms with Gasteiger partial charge in [-0.3, -0.25) is 10.2 Å². The number of aromatic nitrogens is 4. The maximum Gasteiger partial charge on any atom is 0.292 e. The Kier molecular flexibility index (Phi) is 7.11. The number of nitrogens with zero attached hydrogens (tertiary/aromatic N) is 5. The molecule has 2 aromatic carbocycles. The molecule has 4 heterocycles. The number of nitrogen functional groups attached to an aromatic ring is 2. The average Bonchev–Trinajstić information content (AvgIpc) is 3.35. The van der Waals surface area contributed by atoms with Gasteiger partial charge in [-0.15, -0.1) is 0 Å². The molecule has 11 nitrogen and oxygen atoms in total. The van der Waals surface area contributed by atoms with Gasteiger partial charge in [0.2, 0.25) is 5.71 Å². The third kappa shape index (κ3) is 4.96. The van der Waals surface area contributed by atoms with Gasteiger partial charge in [0.25, 0.3) is 11.6 Å². The standard InChI is InChI=1S/C31H35N9O2/c1-17(2)39-11-9-21(10-12-39)40-22(13-19-6-4-5-18(3)25(19)30(40)41)15-35-29-26(28(33)36-16-37-29)27(32)20-7-8-24-23(14-20)38-31(34)42-24/h4-8,13-14,16-17,21,32H,9-12,15H2,1-3H3,(H2,34,38)(H3,33,35,36,37)/p+1. The van der Waals surface area contributed by atoms with E-state index in [9.17, 15) is 4.79 Å². The van der Waals surface area contributed by atoms with Gasteiger partial charge in [-0.1, -0.05) is 18.2 Å². The highest BCUT2D eigenvalue weighted by Gasteiger charge is 2.26. The summed E-state index contributed by atoms with van der Waals surface area (Å²) in [4.78, 5) is 29.4. The van der Waals surface area contributed by atoms with Crippen molar-refractivity contribution in [1.29, 1.82) is 0 Å². The number of rotatable bonds is 7. The summed E-state index contributed by atoms with van der Waals surface area (Å²) in [6, 6.07) is 14.1. The van der Waals surface area contributed by atoms with Crippen LogP contribution in [-0.4, -0.2) is 49.3 Å². The fourth-order valence-electron chi connectivity index (χ4n) is 6.03. The van der Waals surface area contributed by atoms with E-state index in [0.717, 1.165) is 48.0 Å². The van der Waals surface area contributed by atoms with Gasteiger partial charge >= 0.3 is 0 Å². The van der Waals surface area contributed by atoms with E-state index < -0.39 is 0 Å². The van der Waals surface area contributed by atoms with Gasteiger partial charge < -0.3 is 30.7 Å². The van der Waals surface area contributed by atoms with Crippen molar-refractivity contribution in [2.24, 2.45) is 0 Å². The molecule has 1 aliphatic heterocycles. The number of nitrogens with one attached hydrogen (secondary N) is 1. The number of nitrogens with two attached hydrogens (primary N) is 3. The lowest BCUT2D eigenvalue weighted by atomic mass is 10.00. The smallest absolute Gasteiger partial charge is 0.292 e. The molecule has 0 aliphatic carbocycles. The molecule has 3 aromatic heterocycles. The first kappa shape index (κ1) is 27.4. The van der Waals surface area contributed by atoms with Crippen molar-refractivity contribution < 1.29 is 9.83 Å². The number of anilines is 3. The van der Waals surface area contributed by atoms with Crippen LogP contribution >= 0.6 is 0 Å². The van der Waals surface area contributed by atoms with Crippen LogP contribution in [-0.2, 0) is 6.54 Å². The minimum atomic E-state index is 0.0408. The summed E-state index contributed by atoms with van der Waals surface area (Å²) < 4.78 is 7.38. The molecule has 1 aliphatic rings. The van der Waals surface area contributed by atoms with Crippen LogP contribution in [0.15, 0.2) is 58.0 Å². The van der Waals surface area contributed by atoms with E-state index in [1.165, 1.54) is 6.33 Å². The van der Waals surface area contributed by atoms with Crippen LogP contribution in [0, 0.1) is 6.92 Å². The van der Waals surface area contributed by atoms with Crippen molar-refractivity contribution in [3.63, 3.8) is 0 Å². The molecule has 0 radical (unpaired) electrons. The second kappa shape index (κ2) is 10.9. The monoisotopic (exact) mass is 566 g/mol. The minimum absolute atomic E-state index is 0.0408. The Labute approximate surface area is 243 Å². The number of fused-ring (bicyclic) bond motifs is 2. The molecule has 0 unspecified atom stereocenters. The molecule has 6 rings (SSSR count). The first-order chi connectivity index (χ1) is 20.2.